The van der Waals surface area contributed by atoms with E-state index in [0.29, 0.717) is 24.8 Å². The number of nitrogens with one attached hydrogen (secondary N) is 1. The maximum absolute atomic E-state index is 11.9. The van der Waals surface area contributed by atoms with E-state index in [0.717, 1.165) is 18.4 Å². The molecule has 0 heterocycles. The first kappa shape index (κ1) is 16.7. The van der Waals surface area contributed by atoms with Gasteiger partial charge in [0.25, 0.3) is 0 Å². The summed E-state index contributed by atoms with van der Waals surface area (Å²) in [6.07, 6.45) is 2.21. The van der Waals surface area contributed by atoms with Gasteiger partial charge in [-0.15, -0.1) is 0 Å². The van der Waals surface area contributed by atoms with E-state index in [9.17, 15) is 4.79 Å². The number of amides is 1. The van der Waals surface area contributed by atoms with Crippen LogP contribution in [-0.2, 0) is 11.2 Å². The summed E-state index contributed by atoms with van der Waals surface area (Å²) in [5.74, 6) is 1.00. The van der Waals surface area contributed by atoms with Crippen LogP contribution in [0.3, 0.4) is 0 Å². The van der Waals surface area contributed by atoms with Crippen LogP contribution >= 0.6 is 0 Å². The largest absolute Gasteiger partial charge is 0.396 e. The molecule has 112 valence electrons. The predicted octanol–water partition coefficient (Wildman–Crippen LogP) is 2.70. The third-order valence-corrected chi connectivity index (χ3v) is 3.42. The number of hydrogen-bond donors (Lipinski definition) is 2. The molecule has 1 amide bonds. The molecule has 2 N–H and O–H groups in total. The van der Waals surface area contributed by atoms with Crippen molar-refractivity contribution in [3.8, 4) is 0 Å². The monoisotopic (exact) mass is 277 g/mol. The predicted molar refractivity (Wildman–Crippen MR) is 82.5 cm³/mol. The van der Waals surface area contributed by atoms with Gasteiger partial charge in [0.05, 0.1) is 6.42 Å². The molecule has 1 atom stereocenters. The summed E-state index contributed by atoms with van der Waals surface area (Å²) in [7, 11) is 0. The molecular formula is C17H27NO2. The number of aliphatic hydroxyl groups excluding tert-OH is 1. The average molecular weight is 277 g/mol. The van der Waals surface area contributed by atoms with E-state index in [-0.39, 0.29) is 12.5 Å². The third kappa shape index (κ3) is 6.71. The van der Waals surface area contributed by atoms with Crippen LogP contribution < -0.4 is 5.32 Å². The first-order chi connectivity index (χ1) is 9.51. The molecule has 1 unspecified atom stereocenters. The lowest BCUT2D eigenvalue weighted by molar-refractivity contribution is -0.120. The van der Waals surface area contributed by atoms with Gasteiger partial charge in [0, 0.05) is 13.2 Å². The van der Waals surface area contributed by atoms with E-state index in [1.807, 2.05) is 31.2 Å². The van der Waals surface area contributed by atoms with Crippen molar-refractivity contribution in [2.45, 2.75) is 40.0 Å². The number of rotatable bonds is 8. The van der Waals surface area contributed by atoms with Crippen LogP contribution in [-0.4, -0.2) is 24.2 Å². The Hall–Kier alpha value is -1.35. The normalized spacial score (nSPS) is 12.4. The van der Waals surface area contributed by atoms with Gasteiger partial charge in [-0.25, -0.2) is 0 Å². The summed E-state index contributed by atoms with van der Waals surface area (Å²) in [5.41, 5.74) is 2.24. The Morgan fingerprint density at radius 2 is 1.90 bits per heavy atom. The summed E-state index contributed by atoms with van der Waals surface area (Å²) < 4.78 is 0. The fourth-order valence-electron chi connectivity index (χ4n) is 2.36. The Kier molecular flexibility index (Phi) is 7.31. The van der Waals surface area contributed by atoms with Crippen molar-refractivity contribution in [3.63, 3.8) is 0 Å². The van der Waals surface area contributed by atoms with Gasteiger partial charge in [0.2, 0.25) is 5.91 Å². The molecule has 0 radical (unpaired) electrons. The molecule has 0 fully saturated rings. The molecule has 1 aromatic carbocycles. The van der Waals surface area contributed by atoms with E-state index < -0.39 is 0 Å². The van der Waals surface area contributed by atoms with Gasteiger partial charge in [0.1, 0.15) is 0 Å². The van der Waals surface area contributed by atoms with Crippen LogP contribution in [0.5, 0.6) is 0 Å². The van der Waals surface area contributed by atoms with Gasteiger partial charge >= 0.3 is 0 Å². The lowest BCUT2D eigenvalue weighted by Gasteiger charge is -2.18. The zero-order chi connectivity index (χ0) is 15.0. The van der Waals surface area contributed by atoms with E-state index in [4.69, 9.17) is 5.11 Å². The Morgan fingerprint density at radius 3 is 2.45 bits per heavy atom. The van der Waals surface area contributed by atoms with Crippen molar-refractivity contribution in [1.82, 2.24) is 5.32 Å². The van der Waals surface area contributed by atoms with Crippen molar-refractivity contribution in [1.29, 1.82) is 0 Å². The van der Waals surface area contributed by atoms with Crippen LogP contribution in [0.4, 0.5) is 0 Å². The molecule has 1 aromatic rings. The maximum atomic E-state index is 11.9. The third-order valence-electron chi connectivity index (χ3n) is 3.42. The molecule has 0 aliphatic heterocycles. The molecular weight excluding hydrogens is 250 g/mol. The van der Waals surface area contributed by atoms with E-state index in [1.165, 1.54) is 5.56 Å². The zero-order valence-corrected chi connectivity index (χ0v) is 12.9. The summed E-state index contributed by atoms with van der Waals surface area (Å²) in [6.45, 7) is 7.21. The molecule has 0 spiro atoms. The second kappa shape index (κ2) is 8.75. The van der Waals surface area contributed by atoms with Crippen LogP contribution in [0, 0.1) is 18.8 Å². The molecule has 3 heteroatoms. The number of benzene rings is 1. The fraction of sp³-hybridized carbons (Fsp3) is 0.588. The minimum Gasteiger partial charge on any atom is -0.396 e. The zero-order valence-electron chi connectivity index (χ0n) is 12.9. The highest BCUT2D eigenvalue weighted by Gasteiger charge is 2.12. The molecule has 0 saturated carbocycles. The van der Waals surface area contributed by atoms with Gasteiger partial charge in [-0.3, -0.25) is 4.79 Å². The lowest BCUT2D eigenvalue weighted by atomic mass is 9.94. The minimum absolute atomic E-state index is 0.0561. The first-order valence-corrected chi connectivity index (χ1v) is 7.44. The van der Waals surface area contributed by atoms with Crippen LogP contribution in [0.2, 0.25) is 0 Å². The standard InChI is InChI=1S/C17H27NO2/c1-13(2)10-16(8-9-19)12-18-17(20)11-15-6-4-14(3)5-7-15/h4-7,13,16,19H,8-12H2,1-3H3,(H,18,20). The Morgan fingerprint density at radius 1 is 1.25 bits per heavy atom. The quantitative estimate of drug-likeness (QED) is 0.767. The molecule has 0 bridgehead atoms. The van der Waals surface area contributed by atoms with Gasteiger partial charge in [-0.1, -0.05) is 43.7 Å². The van der Waals surface area contributed by atoms with E-state index >= 15 is 0 Å². The second-order valence-corrected chi connectivity index (χ2v) is 5.97. The van der Waals surface area contributed by atoms with Crippen molar-refractivity contribution in [3.05, 3.63) is 35.4 Å². The second-order valence-electron chi connectivity index (χ2n) is 5.97. The van der Waals surface area contributed by atoms with Crippen LogP contribution in [0.25, 0.3) is 0 Å². The topological polar surface area (TPSA) is 49.3 Å². The SMILES string of the molecule is Cc1ccc(CC(=O)NCC(CCO)CC(C)C)cc1. The molecule has 0 aromatic heterocycles. The molecule has 3 nitrogen and oxygen atoms in total. The number of carbonyl (C=O) groups is 1. The van der Waals surface area contributed by atoms with Gasteiger partial charge < -0.3 is 10.4 Å². The lowest BCUT2D eigenvalue weighted by Crippen LogP contribution is -2.31. The van der Waals surface area contributed by atoms with Crippen LogP contribution in [0.1, 0.15) is 37.8 Å². The summed E-state index contributed by atoms with van der Waals surface area (Å²) >= 11 is 0. The minimum atomic E-state index is 0.0561. The molecule has 1 rings (SSSR count). The summed E-state index contributed by atoms with van der Waals surface area (Å²) in [5, 5.41) is 12.0. The van der Waals surface area contributed by atoms with Crippen molar-refractivity contribution in [2.24, 2.45) is 11.8 Å². The number of aliphatic hydroxyl groups is 1. The highest BCUT2D eigenvalue weighted by atomic mass is 16.3. The van der Waals surface area contributed by atoms with Gasteiger partial charge in [-0.05, 0) is 37.2 Å². The number of carbonyl (C=O) groups excluding carboxylic acids is 1. The molecule has 0 aliphatic rings. The first-order valence-electron chi connectivity index (χ1n) is 7.44. The van der Waals surface area contributed by atoms with Crippen LogP contribution in [0.15, 0.2) is 24.3 Å². The Labute approximate surface area is 122 Å². The van der Waals surface area contributed by atoms with Crippen molar-refractivity contribution in [2.75, 3.05) is 13.2 Å². The Balaban J connectivity index is 2.38. The highest BCUT2D eigenvalue weighted by Crippen LogP contribution is 2.14. The van der Waals surface area contributed by atoms with Crippen molar-refractivity contribution < 1.29 is 9.90 Å². The molecule has 0 saturated heterocycles. The van der Waals surface area contributed by atoms with Gasteiger partial charge in [-0.2, -0.15) is 0 Å². The fourth-order valence-corrected chi connectivity index (χ4v) is 2.36. The summed E-state index contributed by atoms with van der Waals surface area (Å²) in [4.78, 5) is 11.9. The molecule has 20 heavy (non-hydrogen) atoms. The van der Waals surface area contributed by atoms with E-state index in [1.54, 1.807) is 0 Å². The number of aryl methyl sites for hydroxylation is 1. The summed E-state index contributed by atoms with van der Waals surface area (Å²) in [6, 6.07) is 8.04. The highest BCUT2D eigenvalue weighted by molar-refractivity contribution is 5.78. The average Bonchev–Trinajstić information content (AvgIpc) is 2.38. The van der Waals surface area contributed by atoms with Gasteiger partial charge in [0.15, 0.2) is 0 Å². The van der Waals surface area contributed by atoms with Crippen molar-refractivity contribution >= 4 is 5.91 Å². The Bertz CT molecular complexity index is 398. The smallest absolute Gasteiger partial charge is 0.224 e. The molecule has 0 aliphatic carbocycles. The van der Waals surface area contributed by atoms with E-state index in [2.05, 4.69) is 19.2 Å². The number of hydrogen-bond acceptors (Lipinski definition) is 2. The maximum Gasteiger partial charge on any atom is 0.224 e.